The topological polar surface area (TPSA) is 124 Å². The van der Waals surface area contributed by atoms with Crippen molar-refractivity contribution in [3.63, 3.8) is 0 Å². The first-order valence-corrected chi connectivity index (χ1v) is 13.7. The summed E-state index contributed by atoms with van der Waals surface area (Å²) in [6.45, 7) is 8.78. The third kappa shape index (κ3) is 4.53. The molecular weight excluding hydrogens is 484 g/mol. The fourth-order valence-electron chi connectivity index (χ4n) is 6.07. The van der Waals surface area contributed by atoms with Gasteiger partial charge in [0.05, 0.1) is 12.1 Å². The summed E-state index contributed by atoms with van der Waals surface area (Å²) >= 11 is 0. The molecule has 2 aliphatic heterocycles. The molecule has 1 amide bonds. The molecule has 11 nitrogen and oxygen atoms in total. The molecule has 3 aromatic rings. The largest absolute Gasteiger partial charge is 0.356 e. The SMILES string of the molecule is CCn1c(N2CCC[C@@H](N)C2)c(C(=O)N2CCCCC2)c2c1c(=O)n(Cc1nc(C)cc(C)n1)c(=O)n2C. The molecule has 5 rings (SSSR count). The number of rotatable bonds is 5. The predicted octanol–water partition coefficient (Wildman–Crippen LogP) is 1.53. The number of hydrogen-bond donors (Lipinski definition) is 1. The second kappa shape index (κ2) is 10.4. The number of aromatic nitrogens is 5. The van der Waals surface area contributed by atoms with Crippen LogP contribution in [0.4, 0.5) is 5.82 Å². The van der Waals surface area contributed by atoms with Crippen LogP contribution < -0.4 is 21.9 Å². The molecule has 204 valence electrons. The lowest BCUT2D eigenvalue weighted by atomic mass is 10.1. The molecule has 0 aromatic carbocycles. The van der Waals surface area contributed by atoms with Crippen molar-refractivity contribution < 1.29 is 4.79 Å². The molecule has 11 heteroatoms. The molecule has 0 radical (unpaired) electrons. The average Bonchev–Trinajstić information content (AvgIpc) is 3.25. The number of carbonyl (C=O) groups excluding carboxylic acids is 1. The highest BCUT2D eigenvalue weighted by Crippen LogP contribution is 2.34. The minimum Gasteiger partial charge on any atom is -0.356 e. The van der Waals surface area contributed by atoms with Crippen molar-refractivity contribution in [3.8, 4) is 0 Å². The third-order valence-electron chi connectivity index (χ3n) is 7.77. The Balaban J connectivity index is 1.78. The van der Waals surface area contributed by atoms with E-state index in [1.54, 1.807) is 7.05 Å². The van der Waals surface area contributed by atoms with E-state index in [-0.39, 0.29) is 18.5 Å². The summed E-state index contributed by atoms with van der Waals surface area (Å²) in [6.07, 6.45) is 4.81. The van der Waals surface area contributed by atoms with Gasteiger partial charge in [0.1, 0.15) is 22.7 Å². The molecule has 0 unspecified atom stereocenters. The molecule has 0 spiro atoms. The van der Waals surface area contributed by atoms with Crippen LogP contribution in [0.1, 0.15) is 66.6 Å². The zero-order chi connectivity index (χ0) is 27.1. The zero-order valence-corrected chi connectivity index (χ0v) is 22.9. The smallest absolute Gasteiger partial charge is 0.331 e. The molecular formula is C27H38N8O3. The van der Waals surface area contributed by atoms with E-state index in [1.807, 2.05) is 36.3 Å². The van der Waals surface area contributed by atoms with Gasteiger partial charge in [-0.15, -0.1) is 0 Å². The number of likely N-dealkylation sites (tertiary alicyclic amines) is 1. The number of fused-ring (bicyclic) bond motifs is 1. The summed E-state index contributed by atoms with van der Waals surface area (Å²) < 4.78 is 4.55. The van der Waals surface area contributed by atoms with Gasteiger partial charge in [-0.2, -0.15) is 0 Å². The summed E-state index contributed by atoms with van der Waals surface area (Å²) in [5.41, 5.74) is 8.15. The van der Waals surface area contributed by atoms with Crippen molar-refractivity contribution in [2.24, 2.45) is 12.8 Å². The van der Waals surface area contributed by atoms with E-state index in [4.69, 9.17) is 5.73 Å². The number of nitrogens with zero attached hydrogens (tertiary/aromatic N) is 7. The number of aryl methyl sites for hydroxylation is 4. The summed E-state index contributed by atoms with van der Waals surface area (Å²) in [7, 11) is 1.64. The second-order valence-electron chi connectivity index (χ2n) is 10.6. The van der Waals surface area contributed by atoms with E-state index in [9.17, 15) is 14.4 Å². The first-order valence-electron chi connectivity index (χ1n) is 13.7. The fourth-order valence-corrected chi connectivity index (χ4v) is 6.07. The molecule has 2 fully saturated rings. The molecule has 3 aromatic heterocycles. The van der Waals surface area contributed by atoms with E-state index in [1.165, 1.54) is 9.13 Å². The van der Waals surface area contributed by atoms with Gasteiger partial charge in [0.25, 0.3) is 11.5 Å². The molecule has 1 atom stereocenters. The minimum absolute atomic E-state index is 0.0211. The Morgan fingerprint density at radius 2 is 1.68 bits per heavy atom. The number of hydrogen-bond acceptors (Lipinski definition) is 7. The van der Waals surface area contributed by atoms with Gasteiger partial charge < -0.3 is 20.1 Å². The Hall–Kier alpha value is -3.47. The average molecular weight is 523 g/mol. The van der Waals surface area contributed by atoms with Crippen molar-refractivity contribution >= 4 is 22.8 Å². The van der Waals surface area contributed by atoms with Crippen LogP contribution in [0.15, 0.2) is 15.7 Å². The third-order valence-corrected chi connectivity index (χ3v) is 7.77. The first-order chi connectivity index (χ1) is 18.2. The lowest BCUT2D eigenvalue weighted by Gasteiger charge is -2.34. The van der Waals surface area contributed by atoms with E-state index < -0.39 is 11.2 Å². The molecule has 0 saturated carbocycles. The number of amides is 1. The Labute approximate surface area is 221 Å². The summed E-state index contributed by atoms with van der Waals surface area (Å²) in [5.74, 6) is 0.976. The van der Waals surface area contributed by atoms with Gasteiger partial charge >= 0.3 is 5.69 Å². The van der Waals surface area contributed by atoms with Crippen LogP contribution in [-0.4, -0.2) is 66.7 Å². The molecule has 2 N–H and O–H groups in total. The van der Waals surface area contributed by atoms with Gasteiger partial charge in [0, 0.05) is 57.2 Å². The van der Waals surface area contributed by atoms with Crippen LogP contribution >= 0.6 is 0 Å². The normalized spacial score (nSPS) is 18.4. The zero-order valence-electron chi connectivity index (χ0n) is 22.9. The highest BCUT2D eigenvalue weighted by atomic mass is 16.2. The van der Waals surface area contributed by atoms with Crippen molar-refractivity contribution in [2.45, 2.75) is 72.0 Å². The van der Waals surface area contributed by atoms with Crippen molar-refractivity contribution in [3.05, 3.63) is 49.7 Å². The predicted molar refractivity (Wildman–Crippen MR) is 147 cm³/mol. The van der Waals surface area contributed by atoms with E-state index in [2.05, 4.69) is 14.9 Å². The molecule has 0 aliphatic carbocycles. The van der Waals surface area contributed by atoms with Crippen molar-refractivity contribution in [1.29, 1.82) is 0 Å². The number of anilines is 1. The summed E-state index contributed by atoms with van der Waals surface area (Å²) in [5, 5.41) is 0. The quantitative estimate of drug-likeness (QED) is 0.539. The second-order valence-corrected chi connectivity index (χ2v) is 10.6. The summed E-state index contributed by atoms with van der Waals surface area (Å²) in [4.78, 5) is 54.8. The van der Waals surface area contributed by atoms with Crippen molar-refractivity contribution in [1.82, 2.24) is 28.6 Å². The Kier molecular flexibility index (Phi) is 7.13. The maximum absolute atomic E-state index is 14.1. The van der Waals surface area contributed by atoms with E-state index in [0.717, 1.165) is 50.0 Å². The van der Waals surface area contributed by atoms with Crippen LogP contribution in [0.3, 0.4) is 0 Å². The molecule has 38 heavy (non-hydrogen) atoms. The maximum atomic E-state index is 14.1. The van der Waals surface area contributed by atoms with E-state index in [0.29, 0.717) is 54.4 Å². The number of nitrogens with two attached hydrogens (primary N) is 1. The van der Waals surface area contributed by atoms with Gasteiger partial charge in [-0.05, 0) is 58.9 Å². The van der Waals surface area contributed by atoms with Gasteiger partial charge in [-0.3, -0.25) is 18.7 Å². The van der Waals surface area contributed by atoms with Gasteiger partial charge in [-0.25, -0.2) is 14.8 Å². The Bertz CT molecular complexity index is 1470. The van der Waals surface area contributed by atoms with Crippen LogP contribution in [0, 0.1) is 13.8 Å². The molecule has 0 bridgehead atoms. The van der Waals surface area contributed by atoms with Crippen molar-refractivity contribution in [2.75, 3.05) is 31.1 Å². The molecule has 2 saturated heterocycles. The van der Waals surface area contributed by atoms with Crippen LogP contribution in [0.5, 0.6) is 0 Å². The van der Waals surface area contributed by atoms with Crippen LogP contribution in [0.25, 0.3) is 11.0 Å². The van der Waals surface area contributed by atoms with Gasteiger partial charge in [0.2, 0.25) is 0 Å². The number of carbonyl (C=O) groups is 1. The molecule has 5 heterocycles. The fraction of sp³-hybridized carbons (Fsp3) is 0.593. The minimum atomic E-state index is -0.492. The van der Waals surface area contributed by atoms with Crippen LogP contribution in [0.2, 0.25) is 0 Å². The lowest BCUT2D eigenvalue weighted by Crippen LogP contribution is -2.45. The first kappa shape index (κ1) is 26.1. The number of piperidine rings is 2. The highest BCUT2D eigenvalue weighted by molar-refractivity contribution is 6.11. The standard InChI is InChI=1S/C27H38N8O3/c1-5-34-23-22(31(4)27(38)35(26(23)37)16-20-29-17(2)14-18(3)30-20)21(25(36)32-11-7-6-8-12-32)24(34)33-13-9-10-19(28)15-33/h14,19H,5-13,15-16,28H2,1-4H3/t19-/m1/s1. The highest BCUT2D eigenvalue weighted by Gasteiger charge is 2.34. The van der Waals surface area contributed by atoms with Gasteiger partial charge in [-0.1, -0.05) is 0 Å². The maximum Gasteiger partial charge on any atom is 0.331 e. The molecule has 2 aliphatic rings. The Morgan fingerprint density at radius 3 is 2.32 bits per heavy atom. The van der Waals surface area contributed by atoms with E-state index >= 15 is 0 Å². The van der Waals surface area contributed by atoms with Crippen LogP contribution in [-0.2, 0) is 20.1 Å². The van der Waals surface area contributed by atoms with Gasteiger partial charge in [0.15, 0.2) is 0 Å². The lowest BCUT2D eigenvalue weighted by molar-refractivity contribution is 0.0726. The monoisotopic (exact) mass is 522 g/mol. The summed E-state index contributed by atoms with van der Waals surface area (Å²) in [6, 6.07) is 1.83. The Morgan fingerprint density at radius 1 is 1.00 bits per heavy atom.